The van der Waals surface area contributed by atoms with Gasteiger partial charge in [-0.05, 0) is 48.0 Å². The van der Waals surface area contributed by atoms with Crippen LogP contribution in [0.5, 0.6) is 5.75 Å². The fourth-order valence-electron chi connectivity index (χ4n) is 3.53. The second-order valence-electron chi connectivity index (χ2n) is 7.07. The Morgan fingerprint density at radius 3 is 2.45 bits per heavy atom. The van der Waals surface area contributed by atoms with E-state index in [0.29, 0.717) is 16.1 Å². The van der Waals surface area contributed by atoms with Crippen LogP contribution in [0, 0.1) is 0 Å². The van der Waals surface area contributed by atoms with Crippen LogP contribution in [0.25, 0.3) is 0 Å². The molecule has 8 heteroatoms. The highest BCUT2D eigenvalue weighted by molar-refractivity contribution is 8.19. The Kier molecular flexibility index (Phi) is 5.33. The lowest BCUT2D eigenvalue weighted by Crippen LogP contribution is -2.28. The SMILES string of the molecule is O=C(Oc1ccc(C2SCCS2)cc1)c1ccc2c(c1)C(=O)N(Cc1ccco1)C2=O. The quantitative estimate of drug-likeness (QED) is 0.314. The van der Waals surface area contributed by atoms with Crippen molar-refractivity contribution >= 4 is 41.3 Å². The van der Waals surface area contributed by atoms with Crippen molar-refractivity contribution in [1.82, 2.24) is 4.90 Å². The molecule has 0 atom stereocenters. The van der Waals surface area contributed by atoms with E-state index in [-0.39, 0.29) is 23.2 Å². The largest absolute Gasteiger partial charge is 0.467 e. The summed E-state index contributed by atoms with van der Waals surface area (Å²) in [5.41, 5.74) is 1.87. The minimum absolute atomic E-state index is 0.0447. The Morgan fingerprint density at radius 2 is 1.74 bits per heavy atom. The number of hydrogen-bond acceptors (Lipinski definition) is 7. The van der Waals surface area contributed by atoms with Crippen LogP contribution >= 0.6 is 23.5 Å². The maximum Gasteiger partial charge on any atom is 0.343 e. The summed E-state index contributed by atoms with van der Waals surface area (Å²) in [5.74, 6) is 1.78. The molecule has 2 aromatic carbocycles. The number of nitrogens with zero attached hydrogens (tertiary/aromatic N) is 1. The second kappa shape index (κ2) is 8.28. The lowest BCUT2D eigenvalue weighted by atomic mass is 10.1. The lowest BCUT2D eigenvalue weighted by molar-refractivity contribution is 0.0631. The zero-order valence-corrected chi connectivity index (χ0v) is 17.9. The minimum atomic E-state index is -0.579. The van der Waals surface area contributed by atoms with Crippen molar-refractivity contribution in [3.8, 4) is 5.75 Å². The number of fused-ring (bicyclic) bond motifs is 1. The van der Waals surface area contributed by atoms with Gasteiger partial charge in [-0.25, -0.2) is 4.79 Å². The summed E-state index contributed by atoms with van der Waals surface area (Å²) in [4.78, 5) is 39.1. The number of benzene rings is 2. The van der Waals surface area contributed by atoms with Crippen molar-refractivity contribution in [2.24, 2.45) is 0 Å². The average molecular weight is 452 g/mol. The third kappa shape index (κ3) is 3.88. The molecule has 0 unspecified atom stereocenters. The monoisotopic (exact) mass is 451 g/mol. The highest BCUT2D eigenvalue weighted by Crippen LogP contribution is 2.45. The molecule has 3 aromatic rings. The van der Waals surface area contributed by atoms with Gasteiger partial charge in [0.2, 0.25) is 0 Å². The smallest absolute Gasteiger partial charge is 0.343 e. The van der Waals surface area contributed by atoms with Gasteiger partial charge in [-0.15, -0.1) is 23.5 Å². The summed E-state index contributed by atoms with van der Waals surface area (Å²) in [6.07, 6.45) is 1.49. The summed E-state index contributed by atoms with van der Waals surface area (Å²) in [7, 11) is 0. The van der Waals surface area contributed by atoms with Crippen LogP contribution in [0.2, 0.25) is 0 Å². The summed E-state index contributed by atoms with van der Waals surface area (Å²) in [6, 6.07) is 15.3. The molecule has 3 heterocycles. The third-order valence-corrected chi connectivity index (χ3v) is 8.19. The number of ether oxygens (including phenoxy) is 1. The van der Waals surface area contributed by atoms with Gasteiger partial charge in [0.25, 0.3) is 11.8 Å². The highest BCUT2D eigenvalue weighted by Gasteiger charge is 2.36. The van der Waals surface area contributed by atoms with Gasteiger partial charge in [0.15, 0.2) is 0 Å². The van der Waals surface area contributed by atoms with Gasteiger partial charge in [-0.3, -0.25) is 14.5 Å². The molecule has 156 valence electrons. The van der Waals surface area contributed by atoms with Crippen LogP contribution in [0.1, 0.15) is 47.0 Å². The van der Waals surface area contributed by atoms with Crippen molar-refractivity contribution in [3.05, 3.63) is 88.9 Å². The predicted molar refractivity (Wildman–Crippen MR) is 118 cm³/mol. The second-order valence-corrected chi connectivity index (χ2v) is 9.79. The predicted octanol–water partition coefficient (Wildman–Crippen LogP) is 4.77. The molecule has 1 aromatic heterocycles. The van der Waals surface area contributed by atoms with Gasteiger partial charge in [0.05, 0.1) is 34.1 Å². The van der Waals surface area contributed by atoms with E-state index in [1.807, 2.05) is 35.7 Å². The molecule has 0 aliphatic carbocycles. The van der Waals surface area contributed by atoms with E-state index in [4.69, 9.17) is 9.15 Å². The molecule has 0 bridgehead atoms. The fraction of sp³-hybridized carbons (Fsp3) is 0.174. The van der Waals surface area contributed by atoms with E-state index in [1.54, 1.807) is 24.3 Å². The van der Waals surface area contributed by atoms with Crippen molar-refractivity contribution < 1.29 is 23.5 Å². The van der Waals surface area contributed by atoms with E-state index in [2.05, 4.69) is 0 Å². The fourth-order valence-corrected chi connectivity index (χ4v) is 6.39. The molecule has 2 aliphatic rings. The van der Waals surface area contributed by atoms with Crippen LogP contribution in [0.3, 0.4) is 0 Å². The van der Waals surface area contributed by atoms with Crippen LogP contribution in [-0.2, 0) is 6.54 Å². The Bertz CT molecular complexity index is 1150. The number of carbonyl (C=O) groups excluding carboxylic acids is 3. The van der Waals surface area contributed by atoms with E-state index in [9.17, 15) is 14.4 Å². The molecule has 0 radical (unpaired) electrons. The maximum atomic E-state index is 12.7. The molecular weight excluding hydrogens is 434 g/mol. The number of hydrogen-bond donors (Lipinski definition) is 0. The van der Waals surface area contributed by atoms with Crippen molar-refractivity contribution in [2.75, 3.05) is 11.5 Å². The Balaban J connectivity index is 1.31. The van der Waals surface area contributed by atoms with Crippen LogP contribution in [-0.4, -0.2) is 34.2 Å². The topological polar surface area (TPSA) is 76.8 Å². The molecule has 0 saturated carbocycles. The van der Waals surface area contributed by atoms with Crippen LogP contribution in [0.4, 0.5) is 0 Å². The van der Waals surface area contributed by atoms with E-state index in [0.717, 1.165) is 16.4 Å². The van der Waals surface area contributed by atoms with Gasteiger partial charge in [-0.2, -0.15) is 0 Å². The number of furan rings is 1. The summed E-state index contributed by atoms with van der Waals surface area (Å²) >= 11 is 3.82. The standard InChI is InChI=1S/C23H17NO5S2/c25-20-18-8-5-15(12-19(18)21(26)24(20)13-17-2-1-9-28-17)22(27)29-16-6-3-14(4-7-16)23-30-10-11-31-23/h1-9,12,23H,10-11,13H2. The van der Waals surface area contributed by atoms with Crippen molar-refractivity contribution in [3.63, 3.8) is 0 Å². The first-order valence-corrected chi connectivity index (χ1v) is 11.8. The molecule has 6 nitrogen and oxygen atoms in total. The highest BCUT2D eigenvalue weighted by atomic mass is 32.2. The average Bonchev–Trinajstić information content (AvgIpc) is 3.54. The molecular formula is C23H17NO5S2. The first-order valence-electron chi connectivity index (χ1n) is 9.68. The maximum absolute atomic E-state index is 12.7. The van der Waals surface area contributed by atoms with Crippen molar-refractivity contribution in [2.45, 2.75) is 11.1 Å². The molecule has 2 amide bonds. The molecule has 31 heavy (non-hydrogen) atoms. The van der Waals surface area contributed by atoms with Gasteiger partial charge in [0, 0.05) is 11.5 Å². The normalized spacial score (nSPS) is 16.1. The Morgan fingerprint density at radius 1 is 1.00 bits per heavy atom. The summed E-state index contributed by atoms with van der Waals surface area (Å²) in [6.45, 7) is 0.0447. The number of thioether (sulfide) groups is 2. The number of carbonyl (C=O) groups is 3. The molecule has 1 fully saturated rings. The van der Waals surface area contributed by atoms with Crippen molar-refractivity contribution in [1.29, 1.82) is 0 Å². The first-order chi connectivity index (χ1) is 15.1. The number of rotatable bonds is 5. The molecule has 2 aliphatic heterocycles. The zero-order valence-electron chi connectivity index (χ0n) is 16.3. The number of imide groups is 1. The van der Waals surface area contributed by atoms with E-state index < -0.39 is 17.8 Å². The Hall–Kier alpha value is -2.97. The van der Waals surface area contributed by atoms with Gasteiger partial charge >= 0.3 is 5.97 Å². The van der Waals surface area contributed by atoms with Gasteiger partial charge in [0.1, 0.15) is 11.5 Å². The van der Waals surface area contributed by atoms with E-state index in [1.165, 1.54) is 30.0 Å². The molecule has 1 saturated heterocycles. The van der Waals surface area contributed by atoms with Gasteiger partial charge in [-0.1, -0.05) is 12.1 Å². The number of esters is 1. The van der Waals surface area contributed by atoms with Crippen LogP contribution in [0.15, 0.2) is 65.3 Å². The van der Waals surface area contributed by atoms with E-state index >= 15 is 0 Å². The molecule has 0 spiro atoms. The number of amides is 2. The third-order valence-electron chi connectivity index (χ3n) is 5.09. The molecule has 0 N–H and O–H groups in total. The zero-order chi connectivity index (χ0) is 21.4. The Labute approximate surface area is 186 Å². The minimum Gasteiger partial charge on any atom is -0.467 e. The molecule has 5 rings (SSSR count). The van der Waals surface area contributed by atoms with Crippen LogP contribution < -0.4 is 4.74 Å². The summed E-state index contributed by atoms with van der Waals surface area (Å²) in [5, 5.41) is 0. The first kappa shape index (κ1) is 20.0. The summed E-state index contributed by atoms with van der Waals surface area (Å²) < 4.78 is 11.1. The van der Waals surface area contributed by atoms with Gasteiger partial charge < -0.3 is 9.15 Å². The lowest BCUT2D eigenvalue weighted by Gasteiger charge is -2.11.